The number of hydrogen-bond acceptors (Lipinski definition) is 7. The van der Waals surface area contributed by atoms with Crippen LogP contribution in [0, 0.1) is 0 Å². The summed E-state index contributed by atoms with van der Waals surface area (Å²) in [6.45, 7) is 1.43. The summed E-state index contributed by atoms with van der Waals surface area (Å²) >= 11 is 8.14. The third-order valence-electron chi connectivity index (χ3n) is 5.22. The Balaban J connectivity index is 1.34. The Kier molecular flexibility index (Phi) is 6.23. The van der Waals surface area contributed by atoms with E-state index in [1.165, 1.54) is 11.9 Å². The number of halogens is 1. The largest absolute Gasteiger partial charge is 0.382 e. The molecule has 2 aromatic carbocycles. The second-order valence-corrected chi connectivity index (χ2v) is 8.90. The molecule has 3 heterocycles. The van der Waals surface area contributed by atoms with E-state index < -0.39 is 0 Å². The molecule has 5 rings (SSSR count). The van der Waals surface area contributed by atoms with E-state index in [-0.39, 0.29) is 0 Å². The van der Waals surface area contributed by atoms with Gasteiger partial charge in [-0.05, 0) is 24.1 Å². The van der Waals surface area contributed by atoms with Gasteiger partial charge in [0.25, 0.3) is 0 Å². The van der Waals surface area contributed by atoms with Crippen LogP contribution in [-0.2, 0) is 13.1 Å². The molecule has 3 aromatic heterocycles. The van der Waals surface area contributed by atoms with Crippen LogP contribution in [0.3, 0.4) is 0 Å². The average molecular weight is 477 g/mol. The van der Waals surface area contributed by atoms with Crippen LogP contribution < -0.4 is 5.73 Å². The zero-order valence-corrected chi connectivity index (χ0v) is 19.2. The predicted octanol–water partition coefficient (Wildman–Crippen LogP) is 4.55. The quantitative estimate of drug-likeness (QED) is 0.259. The van der Waals surface area contributed by atoms with Gasteiger partial charge in [0.2, 0.25) is 0 Å². The van der Waals surface area contributed by atoms with E-state index in [2.05, 4.69) is 41.8 Å². The van der Waals surface area contributed by atoms with Crippen molar-refractivity contribution in [2.45, 2.75) is 24.7 Å². The van der Waals surface area contributed by atoms with E-state index in [1.54, 1.807) is 18.1 Å². The summed E-state index contributed by atoms with van der Waals surface area (Å²) in [5.74, 6) is 2.02. The number of anilines is 1. The number of thioether (sulfide) groups is 1. The molecule has 0 amide bonds. The fourth-order valence-electron chi connectivity index (χ4n) is 3.61. The Labute approximate surface area is 199 Å². The number of nitrogen functional groups attached to an aromatic ring is 1. The Morgan fingerprint density at radius 3 is 2.61 bits per heavy atom. The van der Waals surface area contributed by atoms with Crippen molar-refractivity contribution in [2.24, 2.45) is 0 Å². The number of rotatable bonds is 8. The highest BCUT2D eigenvalue weighted by Crippen LogP contribution is 2.30. The molecule has 166 valence electrons. The molecule has 0 atom stereocenters. The number of benzene rings is 2. The minimum atomic E-state index is 0.397. The summed E-state index contributed by atoms with van der Waals surface area (Å²) in [6.07, 6.45) is 4.13. The summed E-state index contributed by atoms with van der Waals surface area (Å²) in [5, 5.41) is 10.5. The van der Waals surface area contributed by atoms with Gasteiger partial charge in [-0.3, -0.25) is 4.57 Å². The van der Waals surface area contributed by atoms with Crippen molar-refractivity contribution in [3.63, 3.8) is 0 Å². The highest BCUT2D eigenvalue weighted by Gasteiger charge is 2.17. The first-order valence-electron chi connectivity index (χ1n) is 10.5. The van der Waals surface area contributed by atoms with E-state index in [0.29, 0.717) is 22.9 Å². The third-order valence-corrected chi connectivity index (χ3v) is 6.60. The molecule has 0 bridgehead atoms. The van der Waals surface area contributed by atoms with Gasteiger partial charge in [0.1, 0.15) is 11.8 Å². The van der Waals surface area contributed by atoms with Crippen LogP contribution in [0.4, 0.5) is 5.82 Å². The lowest BCUT2D eigenvalue weighted by atomic mass is 10.2. The van der Waals surface area contributed by atoms with E-state index in [9.17, 15) is 0 Å². The normalized spacial score (nSPS) is 11.3. The van der Waals surface area contributed by atoms with Crippen LogP contribution in [0.1, 0.15) is 12.0 Å². The minimum absolute atomic E-state index is 0.397. The Bertz CT molecular complexity index is 1380. The van der Waals surface area contributed by atoms with Crippen molar-refractivity contribution in [1.29, 1.82) is 0 Å². The number of aryl methyl sites for hydroxylation is 1. The van der Waals surface area contributed by atoms with Gasteiger partial charge in [-0.1, -0.05) is 65.8 Å². The predicted molar refractivity (Wildman–Crippen MR) is 131 cm³/mol. The summed E-state index contributed by atoms with van der Waals surface area (Å²) in [4.78, 5) is 12.6. The number of imidazole rings is 1. The highest BCUT2D eigenvalue weighted by atomic mass is 35.5. The molecule has 0 saturated heterocycles. The Morgan fingerprint density at radius 1 is 0.939 bits per heavy atom. The molecule has 8 nitrogen and oxygen atoms in total. The maximum atomic E-state index is 6.47. The molecule has 10 heteroatoms. The van der Waals surface area contributed by atoms with Gasteiger partial charge in [-0.15, -0.1) is 10.2 Å². The number of nitrogens with two attached hydrogens (primary N) is 1. The van der Waals surface area contributed by atoms with Crippen molar-refractivity contribution >= 4 is 40.3 Å². The summed E-state index contributed by atoms with van der Waals surface area (Å²) in [5.41, 5.74) is 9.32. The summed E-state index contributed by atoms with van der Waals surface area (Å²) in [6, 6.07) is 18.0. The summed E-state index contributed by atoms with van der Waals surface area (Å²) in [7, 11) is 0. The molecule has 0 unspecified atom stereocenters. The van der Waals surface area contributed by atoms with E-state index >= 15 is 0 Å². The van der Waals surface area contributed by atoms with Gasteiger partial charge in [0, 0.05) is 17.9 Å². The monoisotopic (exact) mass is 476 g/mol. The lowest BCUT2D eigenvalue weighted by Crippen LogP contribution is -2.05. The first-order valence-corrected chi connectivity index (χ1v) is 11.8. The molecule has 0 aliphatic rings. The van der Waals surface area contributed by atoms with Crippen LogP contribution in [0.2, 0.25) is 5.02 Å². The van der Waals surface area contributed by atoms with Crippen LogP contribution in [-0.4, -0.2) is 40.0 Å². The fraction of sp³-hybridized carbons (Fsp3) is 0.174. The SMILES string of the molecule is Nc1ncnc2c1ncn2CCCSc1nnc(-c2ccccc2Cl)n1Cc1ccccc1. The Morgan fingerprint density at radius 2 is 1.76 bits per heavy atom. The van der Waals surface area contributed by atoms with Gasteiger partial charge < -0.3 is 10.3 Å². The van der Waals surface area contributed by atoms with Gasteiger partial charge in [-0.25, -0.2) is 15.0 Å². The molecule has 0 spiro atoms. The molecule has 0 radical (unpaired) electrons. The zero-order chi connectivity index (χ0) is 22.6. The smallest absolute Gasteiger partial charge is 0.191 e. The topological polar surface area (TPSA) is 100 Å². The van der Waals surface area contributed by atoms with Crippen LogP contribution in [0.5, 0.6) is 0 Å². The van der Waals surface area contributed by atoms with E-state index in [1.807, 2.05) is 47.0 Å². The number of fused-ring (bicyclic) bond motifs is 1. The zero-order valence-electron chi connectivity index (χ0n) is 17.7. The molecular formula is C23H21ClN8S. The van der Waals surface area contributed by atoms with Crippen molar-refractivity contribution in [3.05, 3.63) is 77.8 Å². The second-order valence-electron chi connectivity index (χ2n) is 7.43. The van der Waals surface area contributed by atoms with Crippen LogP contribution in [0.15, 0.2) is 72.4 Å². The second kappa shape index (κ2) is 9.60. The lowest BCUT2D eigenvalue weighted by molar-refractivity contribution is 0.689. The van der Waals surface area contributed by atoms with Crippen LogP contribution in [0.25, 0.3) is 22.6 Å². The molecule has 0 fully saturated rings. The molecule has 0 aliphatic heterocycles. The molecule has 2 N–H and O–H groups in total. The van der Waals surface area contributed by atoms with Crippen LogP contribution >= 0.6 is 23.4 Å². The maximum Gasteiger partial charge on any atom is 0.191 e. The highest BCUT2D eigenvalue weighted by molar-refractivity contribution is 7.99. The molecule has 5 aromatic rings. The van der Waals surface area contributed by atoms with Gasteiger partial charge in [0.15, 0.2) is 22.4 Å². The van der Waals surface area contributed by atoms with Crippen molar-refractivity contribution in [2.75, 3.05) is 11.5 Å². The average Bonchev–Trinajstić information content (AvgIpc) is 3.43. The molecule has 0 aliphatic carbocycles. The van der Waals surface area contributed by atoms with Crippen molar-refractivity contribution in [3.8, 4) is 11.4 Å². The summed E-state index contributed by atoms with van der Waals surface area (Å²) < 4.78 is 4.12. The van der Waals surface area contributed by atoms with Gasteiger partial charge in [0.05, 0.1) is 17.9 Å². The van der Waals surface area contributed by atoms with E-state index in [0.717, 1.165) is 40.9 Å². The number of aromatic nitrogens is 7. The van der Waals surface area contributed by atoms with Gasteiger partial charge in [-0.2, -0.15) is 0 Å². The van der Waals surface area contributed by atoms with Gasteiger partial charge >= 0.3 is 0 Å². The molecule has 0 saturated carbocycles. The minimum Gasteiger partial charge on any atom is -0.382 e. The number of hydrogen-bond donors (Lipinski definition) is 1. The van der Waals surface area contributed by atoms with Crippen molar-refractivity contribution in [1.82, 2.24) is 34.3 Å². The first-order chi connectivity index (χ1) is 16.2. The molecule has 33 heavy (non-hydrogen) atoms. The standard InChI is InChI=1S/C23H21ClN8S/c24-18-10-5-4-9-17(18)21-29-30-23(32(21)13-16-7-2-1-3-8-16)33-12-6-11-31-15-28-19-20(25)26-14-27-22(19)31/h1-5,7-10,14-15H,6,11-13H2,(H2,25,26,27). The Hall–Kier alpha value is -3.43. The maximum absolute atomic E-state index is 6.47. The third kappa shape index (κ3) is 4.55. The van der Waals surface area contributed by atoms with E-state index in [4.69, 9.17) is 17.3 Å². The molecular weight excluding hydrogens is 456 g/mol. The lowest BCUT2D eigenvalue weighted by Gasteiger charge is -2.11. The number of nitrogens with zero attached hydrogens (tertiary/aromatic N) is 7. The first kappa shape index (κ1) is 21.4. The van der Waals surface area contributed by atoms with Crippen molar-refractivity contribution < 1.29 is 0 Å². The fourth-order valence-corrected chi connectivity index (χ4v) is 4.69.